The molecule has 2 heterocycles. The number of benzene rings is 1. The fourth-order valence-corrected chi connectivity index (χ4v) is 3.64. The van der Waals surface area contributed by atoms with Gasteiger partial charge in [-0.2, -0.15) is 23.4 Å². The second kappa shape index (κ2) is 9.00. The first-order valence-electron chi connectivity index (χ1n) is 9.90. The van der Waals surface area contributed by atoms with Crippen molar-refractivity contribution in [1.82, 2.24) is 15.2 Å². The zero-order chi connectivity index (χ0) is 23.6. The number of ether oxygens (including phenoxy) is 2. The van der Waals surface area contributed by atoms with E-state index in [9.17, 15) is 22.4 Å². The number of nitrogens with one attached hydrogen (secondary N) is 1. The summed E-state index contributed by atoms with van der Waals surface area (Å²) in [5, 5.41) is 10.1. The Kier molecular flexibility index (Phi) is 6.12. The summed E-state index contributed by atoms with van der Waals surface area (Å²) in [5.74, 6) is -1.66. The van der Waals surface area contributed by atoms with Gasteiger partial charge in [0.2, 0.25) is 5.88 Å². The Bertz CT molecular complexity index is 1150. The number of carbonyl (C=O) groups is 1. The molecule has 1 aromatic carbocycles. The van der Waals surface area contributed by atoms with Gasteiger partial charge in [-0.25, -0.2) is 9.37 Å². The molecule has 4 rings (SSSR count). The summed E-state index contributed by atoms with van der Waals surface area (Å²) in [6, 6.07) is 5.37. The molecule has 1 amide bonds. The van der Waals surface area contributed by atoms with E-state index in [0.717, 1.165) is 12.1 Å². The van der Waals surface area contributed by atoms with E-state index in [4.69, 9.17) is 9.47 Å². The number of nitrogens with zero attached hydrogens (tertiary/aromatic N) is 3. The average molecular weight is 462 g/mol. The molecule has 172 valence electrons. The number of rotatable bonds is 6. The van der Waals surface area contributed by atoms with E-state index in [1.807, 2.05) is 0 Å². The van der Waals surface area contributed by atoms with Gasteiger partial charge in [-0.05, 0) is 48.6 Å². The quantitative estimate of drug-likeness (QED) is 0.539. The van der Waals surface area contributed by atoms with Crippen LogP contribution in [0, 0.1) is 5.82 Å². The first kappa shape index (κ1) is 22.4. The van der Waals surface area contributed by atoms with E-state index in [2.05, 4.69) is 20.5 Å². The second-order valence-electron chi connectivity index (χ2n) is 7.45. The van der Waals surface area contributed by atoms with Gasteiger partial charge in [-0.15, -0.1) is 0 Å². The van der Waals surface area contributed by atoms with Crippen LogP contribution in [-0.4, -0.2) is 34.3 Å². The van der Waals surface area contributed by atoms with Crippen LogP contribution in [0.25, 0.3) is 0 Å². The van der Waals surface area contributed by atoms with Crippen molar-refractivity contribution in [2.45, 2.75) is 31.0 Å². The van der Waals surface area contributed by atoms with Crippen molar-refractivity contribution in [1.29, 1.82) is 0 Å². The lowest BCUT2D eigenvalue weighted by molar-refractivity contribution is -0.138. The maximum absolute atomic E-state index is 13.6. The van der Waals surface area contributed by atoms with E-state index in [0.29, 0.717) is 30.2 Å². The van der Waals surface area contributed by atoms with E-state index in [1.54, 1.807) is 12.1 Å². The maximum atomic E-state index is 13.6. The number of halogens is 4. The fourth-order valence-electron chi connectivity index (χ4n) is 3.64. The van der Waals surface area contributed by atoms with Crippen LogP contribution in [0.1, 0.15) is 40.2 Å². The van der Waals surface area contributed by atoms with Crippen molar-refractivity contribution >= 4 is 11.6 Å². The molecule has 1 aliphatic rings. The predicted molar refractivity (Wildman–Crippen MR) is 109 cm³/mol. The lowest BCUT2D eigenvalue weighted by atomic mass is 9.76. The number of carbonyl (C=O) groups excluding carboxylic acids is 1. The van der Waals surface area contributed by atoms with E-state index in [-0.39, 0.29) is 23.1 Å². The highest BCUT2D eigenvalue weighted by atomic mass is 19.4. The fraction of sp³-hybridized carbons (Fsp3) is 0.273. The lowest BCUT2D eigenvalue weighted by Crippen LogP contribution is -2.33. The van der Waals surface area contributed by atoms with Gasteiger partial charge in [-0.3, -0.25) is 4.79 Å². The Labute approximate surface area is 185 Å². The monoisotopic (exact) mass is 462 g/mol. The van der Waals surface area contributed by atoms with Gasteiger partial charge in [0.1, 0.15) is 17.1 Å². The Morgan fingerprint density at radius 1 is 1.12 bits per heavy atom. The summed E-state index contributed by atoms with van der Waals surface area (Å²) in [6.45, 7) is 0. The molecule has 0 bridgehead atoms. The van der Waals surface area contributed by atoms with Crippen molar-refractivity contribution in [3.8, 4) is 11.6 Å². The number of methoxy groups -OCH3 is 1. The third kappa shape index (κ3) is 5.02. The maximum Gasteiger partial charge on any atom is 0.416 e. The Balaban J connectivity index is 1.50. The molecule has 0 aliphatic heterocycles. The first-order valence-corrected chi connectivity index (χ1v) is 9.90. The number of hydrogen-bond acceptors (Lipinski definition) is 6. The minimum Gasteiger partial charge on any atom is -0.490 e. The van der Waals surface area contributed by atoms with Crippen LogP contribution in [0.5, 0.6) is 11.6 Å². The Morgan fingerprint density at radius 2 is 1.91 bits per heavy atom. The third-order valence-electron chi connectivity index (χ3n) is 5.25. The minimum atomic E-state index is -4.68. The van der Waals surface area contributed by atoms with Crippen LogP contribution in [0.3, 0.4) is 0 Å². The first-order chi connectivity index (χ1) is 15.7. The van der Waals surface area contributed by atoms with Crippen LogP contribution >= 0.6 is 0 Å². The van der Waals surface area contributed by atoms with Crippen LogP contribution in [0.4, 0.5) is 23.2 Å². The molecule has 11 heteroatoms. The van der Waals surface area contributed by atoms with Gasteiger partial charge >= 0.3 is 6.18 Å². The summed E-state index contributed by atoms with van der Waals surface area (Å²) in [7, 11) is 1.39. The van der Waals surface area contributed by atoms with Gasteiger partial charge in [0.25, 0.3) is 5.91 Å². The van der Waals surface area contributed by atoms with Gasteiger partial charge in [-0.1, -0.05) is 0 Å². The second-order valence-corrected chi connectivity index (χ2v) is 7.45. The molecule has 3 aromatic rings. The topological polar surface area (TPSA) is 86.2 Å². The van der Waals surface area contributed by atoms with Crippen molar-refractivity contribution in [3.05, 3.63) is 71.4 Å². The molecule has 7 nitrogen and oxygen atoms in total. The summed E-state index contributed by atoms with van der Waals surface area (Å²) in [6.07, 6.45) is 0.0585. The number of anilines is 1. The summed E-state index contributed by atoms with van der Waals surface area (Å²) in [4.78, 5) is 17.0. The molecule has 1 N–H and O–H groups in total. The molecule has 0 radical (unpaired) electrons. The zero-order valence-corrected chi connectivity index (χ0v) is 17.3. The molecule has 2 aromatic heterocycles. The highest BCUT2D eigenvalue weighted by molar-refractivity contribution is 6.07. The van der Waals surface area contributed by atoms with Crippen LogP contribution < -0.4 is 14.8 Å². The summed E-state index contributed by atoms with van der Waals surface area (Å²) in [5.41, 5.74) is 0.229. The number of amides is 1. The molecule has 1 saturated carbocycles. The standard InChI is InChI=1S/C22H18F4N4O3/c1-32-21-19(20(31)30-15-2-5-28-29-11-15)18(3-4-27-21)12-6-16(7-12)33-17-9-13(22(24,25)26)8-14(23)10-17/h2-5,8-12,16H,6-7H2,1H3,(H,28,30,31). The van der Waals surface area contributed by atoms with Crippen molar-refractivity contribution in [2.24, 2.45) is 0 Å². The molecule has 33 heavy (non-hydrogen) atoms. The highest BCUT2D eigenvalue weighted by Crippen LogP contribution is 2.42. The molecule has 0 unspecified atom stereocenters. The van der Waals surface area contributed by atoms with Crippen molar-refractivity contribution in [3.63, 3.8) is 0 Å². The largest absolute Gasteiger partial charge is 0.490 e. The van der Waals surface area contributed by atoms with E-state index in [1.165, 1.54) is 25.7 Å². The van der Waals surface area contributed by atoms with Gasteiger partial charge in [0, 0.05) is 12.3 Å². The summed E-state index contributed by atoms with van der Waals surface area (Å²) >= 11 is 0. The number of hydrogen-bond donors (Lipinski definition) is 1. The highest BCUT2D eigenvalue weighted by Gasteiger charge is 2.37. The lowest BCUT2D eigenvalue weighted by Gasteiger charge is -2.36. The number of pyridine rings is 1. The molecule has 0 spiro atoms. The molecule has 0 saturated heterocycles. The zero-order valence-electron chi connectivity index (χ0n) is 17.3. The molecular weight excluding hydrogens is 444 g/mol. The van der Waals surface area contributed by atoms with Gasteiger partial charge in [0.15, 0.2) is 0 Å². The molecule has 1 fully saturated rings. The van der Waals surface area contributed by atoms with Crippen molar-refractivity contribution in [2.75, 3.05) is 12.4 Å². The smallest absolute Gasteiger partial charge is 0.416 e. The Hall–Kier alpha value is -3.76. The average Bonchev–Trinajstić information content (AvgIpc) is 2.75. The number of alkyl halides is 3. The van der Waals surface area contributed by atoms with E-state index < -0.39 is 29.6 Å². The SMILES string of the molecule is COc1nccc(C2CC(Oc3cc(F)cc(C(F)(F)F)c3)C2)c1C(=O)Nc1ccnnc1. The molecule has 1 aliphatic carbocycles. The summed E-state index contributed by atoms with van der Waals surface area (Å²) < 4.78 is 63.2. The van der Waals surface area contributed by atoms with Gasteiger partial charge < -0.3 is 14.8 Å². The predicted octanol–water partition coefficient (Wildman–Crippen LogP) is 4.62. The normalized spacial score (nSPS) is 17.7. The van der Waals surface area contributed by atoms with Crippen LogP contribution in [0.2, 0.25) is 0 Å². The number of aromatic nitrogens is 3. The van der Waals surface area contributed by atoms with Crippen LogP contribution in [0.15, 0.2) is 48.9 Å². The van der Waals surface area contributed by atoms with Gasteiger partial charge in [0.05, 0.1) is 36.9 Å². The molecular formula is C22H18F4N4O3. The van der Waals surface area contributed by atoms with Crippen LogP contribution in [-0.2, 0) is 6.18 Å². The molecule has 0 atom stereocenters. The third-order valence-corrected chi connectivity index (χ3v) is 5.25. The minimum absolute atomic E-state index is 0.126. The van der Waals surface area contributed by atoms with Crippen molar-refractivity contribution < 1.29 is 31.8 Å². The Morgan fingerprint density at radius 3 is 2.58 bits per heavy atom. The van der Waals surface area contributed by atoms with E-state index >= 15 is 0 Å².